The van der Waals surface area contributed by atoms with Crippen LogP contribution in [-0.2, 0) is 4.74 Å². The predicted octanol–water partition coefficient (Wildman–Crippen LogP) is 5.24. The van der Waals surface area contributed by atoms with Gasteiger partial charge in [0.05, 0.1) is 15.8 Å². The van der Waals surface area contributed by atoms with Crippen molar-refractivity contribution in [3.05, 3.63) is 63.6 Å². The van der Waals surface area contributed by atoms with Crippen LogP contribution in [0.1, 0.15) is 46.2 Å². The summed E-state index contributed by atoms with van der Waals surface area (Å²) >= 11 is 7.89. The molecule has 1 aliphatic heterocycles. The van der Waals surface area contributed by atoms with Gasteiger partial charge in [0.25, 0.3) is 0 Å². The van der Waals surface area contributed by atoms with Crippen molar-refractivity contribution in [1.82, 2.24) is 9.88 Å². The Labute approximate surface area is 178 Å². The number of aromatic nitrogens is 1. The van der Waals surface area contributed by atoms with Crippen LogP contribution in [0.25, 0.3) is 10.2 Å². The molecule has 1 aromatic carbocycles. The molecule has 0 aliphatic carbocycles. The fourth-order valence-corrected chi connectivity index (χ4v) is 5.36. The van der Waals surface area contributed by atoms with Crippen LogP contribution in [0, 0.1) is 0 Å². The van der Waals surface area contributed by atoms with Crippen LogP contribution in [0.3, 0.4) is 0 Å². The Morgan fingerprint density at radius 3 is 2.97 bits per heavy atom. The zero-order valence-corrected chi connectivity index (χ0v) is 17.7. The lowest BCUT2D eigenvalue weighted by Gasteiger charge is -2.22. The Bertz CT molecular complexity index is 1020. The normalized spacial score (nSPS) is 18.3. The molecule has 0 unspecified atom stereocenters. The van der Waals surface area contributed by atoms with Gasteiger partial charge in [0.2, 0.25) is 0 Å². The standard InChI is InChI=1S/C22H23ClN2O3S/c1-25-11-4-5-14(25)9-12-28-20(15-6-2-3-7-17(15)23)19-13-18-21(29-19)16(22(26)27)8-10-24-18/h2-3,6-8,10,13-14,20H,4-5,9,11-12H2,1H3,(H,26,27)/t14-,20-/m0/s1. The van der Waals surface area contributed by atoms with Gasteiger partial charge < -0.3 is 14.7 Å². The summed E-state index contributed by atoms with van der Waals surface area (Å²) in [6.45, 7) is 1.75. The first-order valence-corrected chi connectivity index (χ1v) is 10.9. The number of likely N-dealkylation sites (tertiary alicyclic amines) is 1. The molecule has 0 radical (unpaired) electrons. The summed E-state index contributed by atoms with van der Waals surface area (Å²) in [6, 6.07) is 11.7. The van der Waals surface area contributed by atoms with E-state index in [-0.39, 0.29) is 11.7 Å². The molecule has 1 N–H and O–H groups in total. The van der Waals surface area contributed by atoms with Crippen LogP contribution in [0.2, 0.25) is 5.02 Å². The van der Waals surface area contributed by atoms with Gasteiger partial charge in [-0.15, -0.1) is 11.3 Å². The minimum absolute atomic E-state index is 0.261. The molecule has 0 spiro atoms. The molecule has 0 amide bonds. The molecular formula is C22H23ClN2O3S. The third-order valence-corrected chi connectivity index (χ3v) is 7.06. The number of pyridine rings is 1. The van der Waals surface area contributed by atoms with Crippen LogP contribution in [0.5, 0.6) is 0 Å². The van der Waals surface area contributed by atoms with E-state index in [1.807, 2.05) is 30.3 Å². The Morgan fingerprint density at radius 1 is 1.41 bits per heavy atom. The van der Waals surface area contributed by atoms with Gasteiger partial charge in [0.1, 0.15) is 6.10 Å². The lowest BCUT2D eigenvalue weighted by Crippen LogP contribution is -2.26. The van der Waals surface area contributed by atoms with Crippen molar-refractivity contribution >= 4 is 39.1 Å². The first-order chi connectivity index (χ1) is 14.0. The second kappa shape index (κ2) is 8.79. The molecule has 1 fully saturated rings. The number of ether oxygens (including phenoxy) is 1. The number of nitrogens with zero attached hydrogens (tertiary/aromatic N) is 2. The van der Waals surface area contributed by atoms with E-state index < -0.39 is 5.97 Å². The van der Waals surface area contributed by atoms with Crippen LogP contribution in [-0.4, -0.2) is 47.2 Å². The highest BCUT2D eigenvalue weighted by atomic mass is 35.5. The van der Waals surface area contributed by atoms with Gasteiger partial charge in [-0.1, -0.05) is 29.8 Å². The van der Waals surface area contributed by atoms with Gasteiger partial charge in [0, 0.05) is 34.3 Å². The average molecular weight is 431 g/mol. The number of carboxylic acid groups (broad SMARTS) is 1. The number of carbonyl (C=O) groups is 1. The van der Waals surface area contributed by atoms with E-state index in [1.165, 1.54) is 36.4 Å². The maximum absolute atomic E-state index is 11.6. The zero-order valence-electron chi connectivity index (χ0n) is 16.2. The first kappa shape index (κ1) is 20.3. The Morgan fingerprint density at radius 2 is 2.24 bits per heavy atom. The fraction of sp³-hybridized carbons (Fsp3) is 0.364. The van der Waals surface area contributed by atoms with Crippen LogP contribution >= 0.6 is 22.9 Å². The van der Waals surface area contributed by atoms with E-state index in [1.54, 1.807) is 0 Å². The van der Waals surface area contributed by atoms with Gasteiger partial charge in [-0.25, -0.2) is 4.79 Å². The number of aromatic carboxylic acids is 1. The van der Waals surface area contributed by atoms with Gasteiger partial charge in [-0.3, -0.25) is 4.98 Å². The minimum Gasteiger partial charge on any atom is -0.478 e. The second-order valence-corrected chi connectivity index (χ2v) is 8.86. The number of fused-ring (bicyclic) bond motifs is 1. The summed E-state index contributed by atoms with van der Waals surface area (Å²) in [7, 11) is 2.16. The molecule has 5 nitrogen and oxygen atoms in total. The highest BCUT2D eigenvalue weighted by molar-refractivity contribution is 7.19. The number of benzene rings is 1. The first-order valence-electron chi connectivity index (χ1n) is 9.72. The summed E-state index contributed by atoms with van der Waals surface area (Å²) in [5.74, 6) is -0.953. The number of hydrogen-bond donors (Lipinski definition) is 1. The minimum atomic E-state index is -0.953. The van der Waals surface area contributed by atoms with Crippen molar-refractivity contribution in [3.8, 4) is 0 Å². The van der Waals surface area contributed by atoms with Gasteiger partial charge in [-0.2, -0.15) is 0 Å². The molecule has 7 heteroatoms. The molecule has 3 aromatic rings. The molecule has 4 rings (SSSR count). The summed E-state index contributed by atoms with van der Waals surface area (Å²) < 4.78 is 7.02. The third-order valence-electron chi connectivity index (χ3n) is 5.51. The quantitative estimate of drug-likeness (QED) is 0.555. The number of rotatable bonds is 7. The Kier molecular flexibility index (Phi) is 6.15. The van der Waals surface area contributed by atoms with E-state index in [0.29, 0.717) is 27.9 Å². The third kappa shape index (κ3) is 4.31. The summed E-state index contributed by atoms with van der Waals surface area (Å²) in [4.78, 5) is 19.2. The van der Waals surface area contributed by atoms with E-state index in [4.69, 9.17) is 16.3 Å². The van der Waals surface area contributed by atoms with Crippen molar-refractivity contribution in [1.29, 1.82) is 0 Å². The van der Waals surface area contributed by atoms with Crippen molar-refractivity contribution in [2.24, 2.45) is 0 Å². The van der Waals surface area contributed by atoms with Crippen LogP contribution < -0.4 is 0 Å². The van der Waals surface area contributed by atoms with E-state index in [0.717, 1.165) is 23.4 Å². The van der Waals surface area contributed by atoms with Gasteiger partial charge >= 0.3 is 5.97 Å². The van der Waals surface area contributed by atoms with Crippen molar-refractivity contribution in [2.45, 2.75) is 31.4 Å². The van der Waals surface area contributed by atoms with Crippen molar-refractivity contribution in [2.75, 3.05) is 20.2 Å². The summed E-state index contributed by atoms with van der Waals surface area (Å²) in [5, 5.41) is 10.1. The highest BCUT2D eigenvalue weighted by Gasteiger charge is 2.24. The molecule has 29 heavy (non-hydrogen) atoms. The topological polar surface area (TPSA) is 62.7 Å². The van der Waals surface area contributed by atoms with E-state index in [2.05, 4.69) is 16.9 Å². The lowest BCUT2D eigenvalue weighted by molar-refractivity contribution is 0.0681. The molecule has 2 aromatic heterocycles. The second-order valence-electron chi connectivity index (χ2n) is 7.36. The van der Waals surface area contributed by atoms with E-state index >= 15 is 0 Å². The molecule has 152 valence electrons. The predicted molar refractivity (Wildman–Crippen MR) is 116 cm³/mol. The number of carboxylic acids is 1. The number of hydrogen-bond acceptors (Lipinski definition) is 5. The Balaban J connectivity index is 1.65. The zero-order chi connectivity index (χ0) is 20.4. The SMILES string of the molecule is CN1CCC[C@H]1CCO[C@H](c1cc2nccc(C(=O)O)c2s1)c1ccccc1Cl. The van der Waals surface area contributed by atoms with Crippen LogP contribution in [0.4, 0.5) is 0 Å². The average Bonchev–Trinajstić information content (AvgIpc) is 3.31. The fourth-order valence-electron chi connectivity index (χ4n) is 3.93. The summed E-state index contributed by atoms with van der Waals surface area (Å²) in [5.41, 5.74) is 1.81. The molecule has 1 saturated heterocycles. The lowest BCUT2D eigenvalue weighted by atomic mass is 10.1. The van der Waals surface area contributed by atoms with E-state index in [9.17, 15) is 9.90 Å². The number of halogens is 1. The smallest absolute Gasteiger partial charge is 0.337 e. The monoisotopic (exact) mass is 430 g/mol. The molecule has 0 bridgehead atoms. The maximum atomic E-state index is 11.6. The number of thiophene rings is 1. The largest absolute Gasteiger partial charge is 0.478 e. The van der Waals surface area contributed by atoms with Crippen molar-refractivity contribution < 1.29 is 14.6 Å². The molecular weight excluding hydrogens is 408 g/mol. The van der Waals surface area contributed by atoms with Gasteiger partial charge in [0.15, 0.2) is 0 Å². The maximum Gasteiger partial charge on any atom is 0.337 e. The van der Waals surface area contributed by atoms with Crippen molar-refractivity contribution in [3.63, 3.8) is 0 Å². The summed E-state index contributed by atoms with van der Waals surface area (Å²) in [6.07, 6.45) is 4.57. The molecule has 3 heterocycles. The molecule has 0 saturated carbocycles. The Hall–Kier alpha value is -1.99. The van der Waals surface area contributed by atoms with Crippen LogP contribution in [0.15, 0.2) is 42.6 Å². The highest BCUT2D eigenvalue weighted by Crippen LogP contribution is 2.38. The van der Waals surface area contributed by atoms with Gasteiger partial charge in [-0.05, 0) is 51.1 Å². The molecule has 1 aliphatic rings. The molecule has 2 atom stereocenters.